The molecule has 0 aromatic heterocycles. The maximum atomic E-state index is 12.6. The molecule has 0 aliphatic carbocycles. The van der Waals surface area contributed by atoms with Gasteiger partial charge in [0.1, 0.15) is 5.75 Å². The van der Waals surface area contributed by atoms with E-state index < -0.39 is 6.61 Å². The smallest absolute Gasteiger partial charge is 0.387 e. The summed E-state index contributed by atoms with van der Waals surface area (Å²) in [6, 6.07) is 6.50. The van der Waals surface area contributed by atoms with Crippen molar-refractivity contribution in [2.75, 3.05) is 33.8 Å². The molecular formula is C19H28F2N4O3. The number of hydrogen-bond donors (Lipinski definition) is 2. The van der Waals surface area contributed by atoms with Gasteiger partial charge >= 0.3 is 6.61 Å². The predicted octanol–water partition coefficient (Wildman–Crippen LogP) is 1.98. The maximum absolute atomic E-state index is 12.6. The van der Waals surface area contributed by atoms with E-state index in [4.69, 9.17) is 4.74 Å². The molecule has 2 rings (SSSR count). The van der Waals surface area contributed by atoms with E-state index in [2.05, 4.69) is 20.4 Å². The van der Waals surface area contributed by atoms with Gasteiger partial charge in [0.15, 0.2) is 5.96 Å². The van der Waals surface area contributed by atoms with Gasteiger partial charge in [0.25, 0.3) is 0 Å². The Morgan fingerprint density at radius 1 is 1.32 bits per heavy atom. The van der Waals surface area contributed by atoms with Crippen LogP contribution < -0.4 is 15.4 Å². The molecule has 1 amide bonds. The zero-order valence-electron chi connectivity index (χ0n) is 16.3. The Morgan fingerprint density at radius 3 is 2.79 bits per heavy atom. The lowest BCUT2D eigenvalue weighted by molar-refractivity contribution is -0.127. The Balaban J connectivity index is 2.02. The average Bonchev–Trinajstić information content (AvgIpc) is 2.68. The van der Waals surface area contributed by atoms with Gasteiger partial charge in [-0.3, -0.25) is 4.79 Å². The normalized spacial score (nSPS) is 17.3. The van der Waals surface area contributed by atoms with E-state index in [9.17, 15) is 13.6 Å². The number of ether oxygens (including phenoxy) is 2. The Bertz CT molecular complexity index is 650. The molecule has 0 radical (unpaired) electrons. The summed E-state index contributed by atoms with van der Waals surface area (Å²) in [5, 5.41) is 6.14. The molecule has 1 aliphatic heterocycles. The van der Waals surface area contributed by atoms with Gasteiger partial charge in [-0.15, -0.1) is 0 Å². The number of alkyl halides is 2. The van der Waals surface area contributed by atoms with Crippen molar-refractivity contribution in [3.05, 3.63) is 29.8 Å². The molecule has 0 bridgehead atoms. The molecule has 1 heterocycles. The van der Waals surface area contributed by atoms with Crippen LogP contribution >= 0.6 is 0 Å². The van der Waals surface area contributed by atoms with E-state index in [0.29, 0.717) is 18.1 Å². The van der Waals surface area contributed by atoms with Crippen LogP contribution in [-0.2, 0) is 16.1 Å². The standard InChI is InChI=1S/C19H28F2N4O3/c1-25(2)17(26)13-24-19(23-12-15-8-5-6-10-27-15)22-11-14-7-3-4-9-16(14)28-18(20)21/h3-4,7,9,15,18H,5-6,8,10-13H2,1-2H3,(H2,22,23,24). The second kappa shape index (κ2) is 11.4. The first-order valence-corrected chi connectivity index (χ1v) is 9.32. The topological polar surface area (TPSA) is 75.2 Å². The lowest BCUT2D eigenvalue weighted by Gasteiger charge is -2.24. The van der Waals surface area contributed by atoms with Crippen LogP contribution in [0.3, 0.4) is 0 Å². The highest BCUT2D eigenvalue weighted by Crippen LogP contribution is 2.21. The lowest BCUT2D eigenvalue weighted by Crippen LogP contribution is -2.45. The fraction of sp³-hybridized carbons (Fsp3) is 0.579. The quantitative estimate of drug-likeness (QED) is 0.517. The van der Waals surface area contributed by atoms with Crippen LogP contribution in [0, 0.1) is 0 Å². The molecule has 1 aliphatic rings. The minimum Gasteiger partial charge on any atom is -0.434 e. The zero-order chi connectivity index (χ0) is 20.4. The van der Waals surface area contributed by atoms with Gasteiger partial charge in [-0.1, -0.05) is 18.2 Å². The highest BCUT2D eigenvalue weighted by molar-refractivity contribution is 5.86. The summed E-state index contributed by atoms with van der Waals surface area (Å²) in [6.07, 6.45) is 3.22. The number of carbonyl (C=O) groups is 1. The van der Waals surface area contributed by atoms with Gasteiger partial charge in [-0.05, 0) is 25.3 Å². The van der Waals surface area contributed by atoms with Gasteiger partial charge < -0.3 is 25.0 Å². The van der Waals surface area contributed by atoms with Crippen molar-refractivity contribution >= 4 is 11.9 Å². The number of para-hydroxylation sites is 1. The summed E-state index contributed by atoms with van der Waals surface area (Å²) in [7, 11) is 3.34. The number of carbonyl (C=O) groups excluding carboxylic acids is 1. The van der Waals surface area contributed by atoms with Gasteiger partial charge in [0.2, 0.25) is 5.91 Å². The molecule has 0 spiro atoms. The molecule has 1 aromatic rings. The van der Waals surface area contributed by atoms with E-state index in [1.807, 2.05) is 0 Å². The summed E-state index contributed by atoms with van der Waals surface area (Å²) in [5.41, 5.74) is 0.525. The second-order valence-electron chi connectivity index (χ2n) is 6.66. The van der Waals surface area contributed by atoms with E-state index in [1.165, 1.54) is 11.0 Å². The summed E-state index contributed by atoms with van der Waals surface area (Å²) in [6.45, 7) is -1.41. The van der Waals surface area contributed by atoms with Crippen LogP contribution in [0.15, 0.2) is 29.3 Å². The number of halogens is 2. The molecule has 1 atom stereocenters. The molecule has 1 unspecified atom stereocenters. The number of likely N-dealkylation sites (N-methyl/N-ethyl adjacent to an activating group) is 1. The monoisotopic (exact) mass is 398 g/mol. The first kappa shape index (κ1) is 21.9. The largest absolute Gasteiger partial charge is 0.434 e. The number of guanidine groups is 1. The Hall–Kier alpha value is -2.42. The van der Waals surface area contributed by atoms with Crippen molar-refractivity contribution in [2.24, 2.45) is 4.99 Å². The first-order chi connectivity index (χ1) is 13.5. The molecule has 1 saturated heterocycles. The molecular weight excluding hydrogens is 370 g/mol. The first-order valence-electron chi connectivity index (χ1n) is 9.32. The van der Waals surface area contributed by atoms with Gasteiger partial charge in [-0.2, -0.15) is 8.78 Å². The molecule has 1 fully saturated rings. The lowest BCUT2D eigenvalue weighted by atomic mass is 10.1. The summed E-state index contributed by atoms with van der Waals surface area (Å²) < 4.78 is 35.4. The van der Waals surface area contributed by atoms with Crippen LogP contribution in [0.25, 0.3) is 0 Å². The van der Waals surface area contributed by atoms with Crippen molar-refractivity contribution in [2.45, 2.75) is 38.5 Å². The van der Waals surface area contributed by atoms with Crippen LogP contribution in [0.4, 0.5) is 8.78 Å². The number of aliphatic imine (C=N–C) groups is 1. The van der Waals surface area contributed by atoms with Crippen molar-refractivity contribution in [3.63, 3.8) is 0 Å². The van der Waals surface area contributed by atoms with Crippen molar-refractivity contribution < 1.29 is 23.0 Å². The van der Waals surface area contributed by atoms with E-state index in [0.717, 1.165) is 25.9 Å². The van der Waals surface area contributed by atoms with Crippen LogP contribution in [0.2, 0.25) is 0 Å². The minimum absolute atomic E-state index is 0.0690. The summed E-state index contributed by atoms with van der Waals surface area (Å²) in [4.78, 5) is 17.7. The highest BCUT2D eigenvalue weighted by Gasteiger charge is 2.15. The summed E-state index contributed by atoms with van der Waals surface area (Å²) in [5.74, 6) is 0.390. The fourth-order valence-corrected chi connectivity index (χ4v) is 2.68. The number of nitrogens with zero attached hydrogens (tertiary/aromatic N) is 2. The summed E-state index contributed by atoms with van der Waals surface area (Å²) >= 11 is 0. The maximum Gasteiger partial charge on any atom is 0.387 e. The number of nitrogens with one attached hydrogen (secondary N) is 2. The molecule has 1 aromatic carbocycles. The van der Waals surface area contributed by atoms with Crippen LogP contribution in [-0.4, -0.2) is 63.3 Å². The molecule has 2 N–H and O–H groups in total. The minimum atomic E-state index is -2.90. The van der Waals surface area contributed by atoms with Crippen LogP contribution in [0.1, 0.15) is 24.8 Å². The SMILES string of the molecule is CN(C)C(=O)CNC(=NCc1ccccc1OC(F)F)NCC1CCCCO1. The molecule has 9 heteroatoms. The second-order valence-corrected chi connectivity index (χ2v) is 6.66. The van der Waals surface area contributed by atoms with Crippen molar-refractivity contribution in [1.82, 2.24) is 15.5 Å². The third-order valence-electron chi connectivity index (χ3n) is 4.27. The van der Waals surface area contributed by atoms with E-state index in [-0.39, 0.29) is 30.9 Å². The van der Waals surface area contributed by atoms with E-state index >= 15 is 0 Å². The highest BCUT2D eigenvalue weighted by atomic mass is 19.3. The predicted molar refractivity (Wildman–Crippen MR) is 103 cm³/mol. The van der Waals surface area contributed by atoms with Crippen molar-refractivity contribution in [1.29, 1.82) is 0 Å². The molecule has 0 saturated carbocycles. The van der Waals surface area contributed by atoms with Gasteiger partial charge in [-0.25, -0.2) is 4.99 Å². The number of benzene rings is 1. The number of amides is 1. The Kier molecular flexibility index (Phi) is 8.93. The van der Waals surface area contributed by atoms with Gasteiger partial charge in [0.05, 0.1) is 19.2 Å². The average molecular weight is 398 g/mol. The molecule has 28 heavy (non-hydrogen) atoms. The molecule has 7 nitrogen and oxygen atoms in total. The van der Waals surface area contributed by atoms with Crippen molar-refractivity contribution in [3.8, 4) is 5.75 Å². The third kappa shape index (κ3) is 7.67. The number of hydrogen-bond acceptors (Lipinski definition) is 4. The third-order valence-corrected chi connectivity index (χ3v) is 4.27. The molecule has 156 valence electrons. The van der Waals surface area contributed by atoms with Crippen LogP contribution in [0.5, 0.6) is 5.75 Å². The Labute approximate surface area is 164 Å². The van der Waals surface area contributed by atoms with E-state index in [1.54, 1.807) is 32.3 Å². The van der Waals surface area contributed by atoms with Gasteiger partial charge in [0, 0.05) is 32.8 Å². The zero-order valence-corrected chi connectivity index (χ0v) is 16.3. The Morgan fingerprint density at radius 2 is 2.11 bits per heavy atom. The number of rotatable bonds is 8. The fourth-order valence-electron chi connectivity index (χ4n) is 2.68.